The van der Waals surface area contributed by atoms with Gasteiger partial charge in [0.1, 0.15) is 0 Å². The van der Waals surface area contributed by atoms with Gasteiger partial charge >= 0.3 is 0 Å². The third-order valence-corrected chi connectivity index (χ3v) is 4.00. The van der Waals surface area contributed by atoms with E-state index in [1.807, 2.05) is 24.3 Å². The maximum absolute atomic E-state index is 12.0. The largest absolute Gasteiger partial charge is 0.376 e. The molecule has 2 rings (SSSR count). The van der Waals surface area contributed by atoms with E-state index < -0.39 is 0 Å². The van der Waals surface area contributed by atoms with Crippen molar-refractivity contribution in [2.24, 2.45) is 0 Å². The van der Waals surface area contributed by atoms with Crippen molar-refractivity contribution in [2.75, 3.05) is 18.4 Å². The van der Waals surface area contributed by atoms with Crippen molar-refractivity contribution in [1.82, 2.24) is 5.32 Å². The van der Waals surface area contributed by atoms with E-state index in [1.54, 1.807) is 0 Å². The zero-order valence-electron chi connectivity index (χ0n) is 13.9. The Hall–Kier alpha value is -2.00. The van der Waals surface area contributed by atoms with Crippen LogP contribution in [0.5, 0.6) is 0 Å². The lowest BCUT2D eigenvalue weighted by Gasteiger charge is -2.14. The number of hydrogen-bond acceptors (Lipinski definition) is 2. The van der Waals surface area contributed by atoms with E-state index in [0.717, 1.165) is 33.8 Å². The summed E-state index contributed by atoms with van der Waals surface area (Å²) in [6.45, 7) is 7.09. The second-order valence-electron chi connectivity index (χ2n) is 5.85. The minimum absolute atomic E-state index is 0.00154. The van der Waals surface area contributed by atoms with Gasteiger partial charge in [0.05, 0.1) is 6.54 Å². The van der Waals surface area contributed by atoms with E-state index in [1.165, 1.54) is 5.56 Å². The molecule has 0 fully saturated rings. The number of carbonyl (C=O) groups excluding carboxylic acids is 1. The summed E-state index contributed by atoms with van der Waals surface area (Å²) in [5.74, 6) is -0.00154. The van der Waals surface area contributed by atoms with Crippen molar-refractivity contribution >= 4 is 23.2 Å². The molecule has 0 unspecified atom stereocenters. The van der Waals surface area contributed by atoms with E-state index in [4.69, 9.17) is 11.6 Å². The van der Waals surface area contributed by atoms with Crippen LogP contribution >= 0.6 is 11.6 Å². The molecule has 0 heterocycles. The maximum atomic E-state index is 12.0. The van der Waals surface area contributed by atoms with Crippen LogP contribution in [0.25, 0.3) is 0 Å². The van der Waals surface area contributed by atoms with Gasteiger partial charge in [-0.2, -0.15) is 0 Å². The fraction of sp³-hybridized carbons (Fsp3) is 0.316. The van der Waals surface area contributed by atoms with E-state index in [2.05, 4.69) is 43.5 Å². The maximum Gasteiger partial charge on any atom is 0.239 e. The summed E-state index contributed by atoms with van der Waals surface area (Å²) in [6, 6.07) is 11.9. The molecular formula is C19H23ClN2O. The van der Waals surface area contributed by atoms with Crippen molar-refractivity contribution in [1.29, 1.82) is 0 Å². The molecule has 0 aromatic heterocycles. The summed E-state index contributed by atoms with van der Waals surface area (Å²) in [4.78, 5) is 12.0. The average Bonchev–Trinajstić information content (AvgIpc) is 2.48. The lowest BCUT2D eigenvalue weighted by Crippen LogP contribution is -2.31. The molecule has 23 heavy (non-hydrogen) atoms. The van der Waals surface area contributed by atoms with Gasteiger partial charge in [0, 0.05) is 17.3 Å². The molecule has 0 radical (unpaired) electrons. The molecule has 0 aliphatic heterocycles. The SMILES string of the molecule is Cc1cc(C)c(NCC(=O)NCCc2ccc(Cl)cc2)c(C)c1. The first kappa shape index (κ1) is 17.4. The molecule has 0 spiro atoms. The Balaban J connectivity index is 1.78. The predicted octanol–water partition coefficient (Wildman–Crippen LogP) is 4.04. The Kier molecular flexibility index (Phi) is 6.05. The molecule has 4 heteroatoms. The predicted molar refractivity (Wildman–Crippen MR) is 97.3 cm³/mol. The van der Waals surface area contributed by atoms with E-state index in [-0.39, 0.29) is 12.5 Å². The number of benzene rings is 2. The van der Waals surface area contributed by atoms with E-state index >= 15 is 0 Å². The summed E-state index contributed by atoms with van der Waals surface area (Å²) in [5, 5.41) is 6.89. The van der Waals surface area contributed by atoms with Crippen molar-refractivity contribution in [2.45, 2.75) is 27.2 Å². The van der Waals surface area contributed by atoms with Gasteiger partial charge in [-0.25, -0.2) is 0 Å². The summed E-state index contributed by atoms with van der Waals surface area (Å²) >= 11 is 5.85. The standard InChI is InChI=1S/C19H23ClN2O/c1-13-10-14(2)19(15(3)11-13)22-12-18(23)21-9-8-16-4-6-17(20)7-5-16/h4-7,10-11,22H,8-9,12H2,1-3H3,(H,21,23). The highest BCUT2D eigenvalue weighted by atomic mass is 35.5. The molecule has 0 atom stereocenters. The second kappa shape index (κ2) is 8.02. The van der Waals surface area contributed by atoms with Crippen LogP contribution in [0, 0.1) is 20.8 Å². The smallest absolute Gasteiger partial charge is 0.239 e. The van der Waals surface area contributed by atoms with Gasteiger partial charge in [-0.15, -0.1) is 0 Å². The highest BCUT2D eigenvalue weighted by molar-refractivity contribution is 6.30. The van der Waals surface area contributed by atoms with Gasteiger partial charge < -0.3 is 10.6 Å². The van der Waals surface area contributed by atoms with Crippen LogP contribution in [-0.2, 0) is 11.2 Å². The Morgan fingerprint density at radius 2 is 1.65 bits per heavy atom. The van der Waals surface area contributed by atoms with Crippen molar-refractivity contribution in [3.8, 4) is 0 Å². The molecule has 122 valence electrons. The molecule has 2 aromatic carbocycles. The number of rotatable bonds is 6. The van der Waals surface area contributed by atoms with E-state index in [9.17, 15) is 4.79 Å². The molecule has 0 saturated carbocycles. The molecule has 0 aliphatic carbocycles. The van der Waals surface area contributed by atoms with Crippen LogP contribution in [0.15, 0.2) is 36.4 Å². The summed E-state index contributed by atoms with van der Waals surface area (Å²) in [6.07, 6.45) is 0.797. The number of amides is 1. The third kappa shape index (κ3) is 5.29. The van der Waals surface area contributed by atoms with Crippen LogP contribution in [0.3, 0.4) is 0 Å². The van der Waals surface area contributed by atoms with Crippen LogP contribution in [0.1, 0.15) is 22.3 Å². The number of hydrogen-bond donors (Lipinski definition) is 2. The van der Waals surface area contributed by atoms with Crippen LogP contribution in [0.2, 0.25) is 5.02 Å². The minimum Gasteiger partial charge on any atom is -0.376 e. The molecule has 3 nitrogen and oxygen atoms in total. The highest BCUT2D eigenvalue weighted by Crippen LogP contribution is 2.21. The van der Waals surface area contributed by atoms with Gasteiger partial charge in [0.25, 0.3) is 0 Å². The monoisotopic (exact) mass is 330 g/mol. The summed E-state index contributed by atoms with van der Waals surface area (Å²) in [7, 11) is 0. The van der Waals surface area contributed by atoms with Crippen molar-refractivity contribution in [3.63, 3.8) is 0 Å². The van der Waals surface area contributed by atoms with Gasteiger partial charge in [0.15, 0.2) is 0 Å². The van der Waals surface area contributed by atoms with Gasteiger partial charge in [-0.1, -0.05) is 41.4 Å². The number of carbonyl (C=O) groups is 1. The first-order valence-corrected chi connectivity index (χ1v) is 8.16. The first-order chi connectivity index (χ1) is 11.0. The fourth-order valence-corrected chi connectivity index (χ4v) is 2.81. The Morgan fingerprint density at radius 3 is 2.26 bits per heavy atom. The Labute approximate surface area is 143 Å². The van der Waals surface area contributed by atoms with Crippen molar-refractivity contribution < 1.29 is 4.79 Å². The molecule has 2 aromatic rings. The van der Waals surface area contributed by atoms with Crippen LogP contribution < -0.4 is 10.6 Å². The third-order valence-electron chi connectivity index (χ3n) is 3.75. The number of anilines is 1. The lowest BCUT2D eigenvalue weighted by atomic mass is 10.1. The van der Waals surface area contributed by atoms with Gasteiger partial charge in [-0.3, -0.25) is 4.79 Å². The number of nitrogens with one attached hydrogen (secondary N) is 2. The highest BCUT2D eigenvalue weighted by Gasteiger charge is 2.06. The fourth-order valence-electron chi connectivity index (χ4n) is 2.69. The van der Waals surface area contributed by atoms with Crippen molar-refractivity contribution in [3.05, 3.63) is 63.7 Å². The summed E-state index contributed by atoms with van der Waals surface area (Å²) in [5.41, 5.74) is 5.77. The second-order valence-corrected chi connectivity index (χ2v) is 6.29. The molecule has 1 amide bonds. The van der Waals surface area contributed by atoms with Gasteiger partial charge in [-0.05, 0) is 56.0 Å². The summed E-state index contributed by atoms with van der Waals surface area (Å²) < 4.78 is 0. The number of aryl methyl sites for hydroxylation is 3. The average molecular weight is 331 g/mol. The minimum atomic E-state index is -0.00154. The topological polar surface area (TPSA) is 41.1 Å². The Morgan fingerprint density at radius 1 is 1.04 bits per heavy atom. The zero-order valence-corrected chi connectivity index (χ0v) is 14.6. The lowest BCUT2D eigenvalue weighted by molar-refractivity contribution is -0.119. The van der Waals surface area contributed by atoms with E-state index in [0.29, 0.717) is 6.54 Å². The number of halogens is 1. The zero-order chi connectivity index (χ0) is 16.8. The normalized spacial score (nSPS) is 10.4. The van der Waals surface area contributed by atoms with Gasteiger partial charge in [0.2, 0.25) is 5.91 Å². The molecule has 0 bridgehead atoms. The Bertz CT molecular complexity index is 657. The molecular weight excluding hydrogens is 308 g/mol. The quantitative estimate of drug-likeness (QED) is 0.839. The van der Waals surface area contributed by atoms with Crippen LogP contribution in [-0.4, -0.2) is 19.0 Å². The first-order valence-electron chi connectivity index (χ1n) is 7.78. The van der Waals surface area contributed by atoms with Crippen LogP contribution in [0.4, 0.5) is 5.69 Å². The molecule has 2 N–H and O–H groups in total. The molecule has 0 saturated heterocycles. The molecule has 0 aliphatic rings.